The zero-order valence-electron chi connectivity index (χ0n) is 10.4. The summed E-state index contributed by atoms with van der Waals surface area (Å²) in [6.07, 6.45) is 4.91. The summed E-state index contributed by atoms with van der Waals surface area (Å²) >= 11 is 0. The molecule has 0 spiro atoms. The first-order chi connectivity index (χ1) is 8.32. The van der Waals surface area contributed by atoms with Crippen LogP contribution >= 0.6 is 0 Å². The van der Waals surface area contributed by atoms with Crippen molar-refractivity contribution in [1.29, 1.82) is 0 Å². The molecule has 1 saturated carbocycles. The van der Waals surface area contributed by atoms with Gasteiger partial charge in [-0.05, 0) is 12.8 Å². The quantitative estimate of drug-likeness (QED) is 0.892. The van der Waals surface area contributed by atoms with Gasteiger partial charge in [-0.25, -0.2) is 18.2 Å². The van der Waals surface area contributed by atoms with Crippen LogP contribution in [0.1, 0.15) is 47.8 Å². The van der Waals surface area contributed by atoms with Gasteiger partial charge in [0.05, 0.1) is 5.69 Å². The van der Waals surface area contributed by atoms with E-state index in [-0.39, 0.29) is 16.8 Å². The second-order valence-electron chi connectivity index (χ2n) is 4.75. The maximum absolute atomic E-state index is 11.6. The van der Waals surface area contributed by atoms with Crippen molar-refractivity contribution in [2.24, 2.45) is 7.05 Å². The molecule has 1 aromatic heterocycles. The summed E-state index contributed by atoms with van der Waals surface area (Å²) in [6.45, 7) is 0. The van der Waals surface area contributed by atoms with Crippen molar-refractivity contribution in [3.63, 3.8) is 0 Å². The van der Waals surface area contributed by atoms with Gasteiger partial charge in [-0.1, -0.05) is 12.8 Å². The van der Waals surface area contributed by atoms with Crippen molar-refractivity contribution in [3.8, 4) is 0 Å². The van der Waals surface area contributed by atoms with Gasteiger partial charge in [-0.15, -0.1) is 0 Å². The van der Waals surface area contributed by atoms with E-state index in [1.165, 1.54) is 4.57 Å². The lowest BCUT2D eigenvalue weighted by molar-refractivity contribution is 0.0688. The molecule has 0 radical (unpaired) electrons. The third-order valence-corrected chi connectivity index (χ3v) is 4.40. The first kappa shape index (κ1) is 13.1. The molecule has 1 N–H and O–H groups in total. The molecule has 0 bridgehead atoms. The standard InChI is InChI=1S/C11H16N2O4S/c1-13-9(7-5-3-4-6-7)8(10(14)15)12-11(13)18(2,16)17/h7H,3-6H2,1-2H3,(H,14,15). The average molecular weight is 272 g/mol. The molecule has 0 aliphatic heterocycles. The lowest BCUT2D eigenvalue weighted by atomic mass is 10.0. The van der Waals surface area contributed by atoms with Crippen LogP contribution in [0, 0.1) is 0 Å². The smallest absolute Gasteiger partial charge is 0.356 e. The normalized spacial score (nSPS) is 17.2. The highest BCUT2D eigenvalue weighted by Crippen LogP contribution is 2.36. The van der Waals surface area contributed by atoms with E-state index in [0.717, 1.165) is 31.9 Å². The summed E-state index contributed by atoms with van der Waals surface area (Å²) in [7, 11) is -1.94. The zero-order valence-corrected chi connectivity index (χ0v) is 11.2. The number of imidazole rings is 1. The van der Waals surface area contributed by atoms with Crippen LogP contribution < -0.4 is 0 Å². The minimum Gasteiger partial charge on any atom is -0.476 e. The Bertz CT molecular complexity index is 582. The summed E-state index contributed by atoms with van der Waals surface area (Å²) in [5.74, 6) is -1.06. The third-order valence-electron chi connectivity index (χ3n) is 3.37. The van der Waals surface area contributed by atoms with Crippen LogP contribution in [0.15, 0.2) is 5.16 Å². The molecule has 18 heavy (non-hydrogen) atoms. The number of nitrogens with zero attached hydrogens (tertiary/aromatic N) is 2. The van der Waals surface area contributed by atoms with E-state index in [0.29, 0.717) is 5.69 Å². The Hall–Kier alpha value is -1.37. The Morgan fingerprint density at radius 2 is 1.94 bits per heavy atom. The van der Waals surface area contributed by atoms with Crippen molar-refractivity contribution in [2.45, 2.75) is 36.8 Å². The van der Waals surface area contributed by atoms with E-state index in [2.05, 4.69) is 4.98 Å². The first-order valence-electron chi connectivity index (χ1n) is 5.82. The second-order valence-corrected chi connectivity index (χ2v) is 6.66. The monoisotopic (exact) mass is 272 g/mol. The van der Waals surface area contributed by atoms with E-state index in [9.17, 15) is 13.2 Å². The zero-order chi connectivity index (χ0) is 13.5. The number of carboxylic acid groups (broad SMARTS) is 1. The molecule has 6 nitrogen and oxygen atoms in total. The topological polar surface area (TPSA) is 89.3 Å². The number of sulfone groups is 1. The molecule has 0 amide bonds. The number of aromatic nitrogens is 2. The van der Waals surface area contributed by atoms with Crippen LogP contribution in [0.3, 0.4) is 0 Å². The fourth-order valence-electron chi connectivity index (χ4n) is 2.65. The summed E-state index contributed by atoms with van der Waals surface area (Å²) in [5, 5.41) is 8.99. The van der Waals surface area contributed by atoms with Crippen LogP contribution in [0.25, 0.3) is 0 Å². The summed E-state index contributed by atoms with van der Waals surface area (Å²) in [6, 6.07) is 0. The Balaban J connectivity index is 2.62. The first-order valence-corrected chi connectivity index (χ1v) is 7.71. The Morgan fingerprint density at radius 1 is 1.39 bits per heavy atom. The molecule has 1 aliphatic carbocycles. The highest BCUT2D eigenvalue weighted by molar-refractivity contribution is 7.90. The molecule has 2 rings (SSSR count). The fraction of sp³-hybridized carbons (Fsp3) is 0.636. The minimum atomic E-state index is -3.51. The van der Waals surface area contributed by atoms with Gasteiger partial charge < -0.3 is 9.67 Å². The summed E-state index contributed by atoms with van der Waals surface area (Å²) in [5.41, 5.74) is 0.422. The fourth-order valence-corrected chi connectivity index (χ4v) is 3.50. The molecule has 1 aliphatic rings. The van der Waals surface area contributed by atoms with Gasteiger partial charge in [-0.3, -0.25) is 0 Å². The van der Waals surface area contributed by atoms with E-state index in [4.69, 9.17) is 5.11 Å². The average Bonchev–Trinajstić information content (AvgIpc) is 2.81. The van der Waals surface area contributed by atoms with Gasteiger partial charge in [0.15, 0.2) is 5.69 Å². The molecular formula is C11H16N2O4S. The van der Waals surface area contributed by atoms with Crippen molar-refractivity contribution in [2.75, 3.05) is 6.26 Å². The van der Waals surface area contributed by atoms with Crippen molar-refractivity contribution in [3.05, 3.63) is 11.4 Å². The van der Waals surface area contributed by atoms with Gasteiger partial charge in [0.1, 0.15) is 0 Å². The molecule has 7 heteroatoms. The van der Waals surface area contributed by atoms with Gasteiger partial charge in [-0.2, -0.15) is 0 Å². The molecule has 1 aromatic rings. The maximum Gasteiger partial charge on any atom is 0.356 e. The molecule has 0 atom stereocenters. The molecule has 0 saturated heterocycles. The van der Waals surface area contributed by atoms with Crippen molar-refractivity contribution in [1.82, 2.24) is 9.55 Å². The third kappa shape index (κ3) is 2.14. The van der Waals surface area contributed by atoms with Gasteiger partial charge >= 0.3 is 5.97 Å². The van der Waals surface area contributed by atoms with Gasteiger partial charge in [0, 0.05) is 19.2 Å². The van der Waals surface area contributed by atoms with E-state index in [1.807, 2.05) is 0 Å². The van der Waals surface area contributed by atoms with Crippen LogP contribution in [0.4, 0.5) is 0 Å². The van der Waals surface area contributed by atoms with Crippen LogP contribution in [-0.2, 0) is 16.9 Å². The number of aromatic carboxylic acids is 1. The number of hydrogen-bond donors (Lipinski definition) is 1. The highest BCUT2D eigenvalue weighted by Gasteiger charge is 2.31. The van der Waals surface area contributed by atoms with E-state index >= 15 is 0 Å². The molecule has 0 unspecified atom stereocenters. The maximum atomic E-state index is 11.6. The van der Waals surface area contributed by atoms with Crippen LogP contribution in [-0.4, -0.2) is 35.3 Å². The summed E-state index contributed by atoms with van der Waals surface area (Å²) in [4.78, 5) is 15.0. The second kappa shape index (κ2) is 4.38. The SMILES string of the molecule is Cn1c(S(C)(=O)=O)nc(C(=O)O)c1C1CCCC1. The number of carboxylic acids is 1. The Kier molecular flexibility index (Phi) is 3.18. The number of carbonyl (C=O) groups is 1. The molecule has 1 heterocycles. The number of rotatable bonds is 3. The van der Waals surface area contributed by atoms with Crippen molar-refractivity contribution >= 4 is 15.8 Å². The van der Waals surface area contributed by atoms with E-state index in [1.54, 1.807) is 7.05 Å². The lowest BCUT2D eigenvalue weighted by Crippen LogP contribution is -2.10. The van der Waals surface area contributed by atoms with Crippen LogP contribution in [0.5, 0.6) is 0 Å². The Labute approximate surface area is 106 Å². The largest absolute Gasteiger partial charge is 0.476 e. The molecule has 1 fully saturated rings. The molecular weight excluding hydrogens is 256 g/mol. The van der Waals surface area contributed by atoms with Gasteiger partial charge in [0.2, 0.25) is 15.0 Å². The predicted molar refractivity (Wildman–Crippen MR) is 64.5 cm³/mol. The highest BCUT2D eigenvalue weighted by atomic mass is 32.2. The Morgan fingerprint density at radius 3 is 2.39 bits per heavy atom. The molecule has 0 aromatic carbocycles. The van der Waals surface area contributed by atoms with Gasteiger partial charge in [0.25, 0.3) is 0 Å². The number of hydrogen-bond acceptors (Lipinski definition) is 4. The molecule has 100 valence electrons. The van der Waals surface area contributed by atoms with Crippen LogP contribution in [0.2, 0.25) is 0 Å². The minimum absolute atomic E-state index is 0.101. The lowest BCUT2D eigenvalue weighted by Gasteiger charge is -2.11. The predicted octanol–water partition coefficient (Wildman–Crippen LogP) is 1.18. The van der Waals surface area contributed by atoms with E-state index < -0.39 is 15.8 Å². The summed E-state index contributed by atoms with van der Waals surface area (Å²) < 4.78 is 24.6. The van der Waals surface area contributed by atoms with Crippen molar-refractivity contribution < 1.29 is 18.3 Å².